The highest BCUT2D eigenvalue weighted by molar-refractivity contribution is 5.44. The van der Waals surface area contributed by atoms with Gasteiger partial charge < -0.3 is 4.90 Å². The molecule has 0 bridgehead atoms. The molecule has 1 fully saturated rings. The van der Waals surface area contributed by atoms with Crippen molar-refractivity contribution in [1.29, 1.82) is 0 Å². The second-order valence-corrected chi connectivity index (χ2v) is 4.78. The zero-order valence-electron chi connectivity index (χ0n) is 10.9. The van der Waals surface area contributed by atoms with E-state index in [1.165, 1.54) is 0 Å². The Kier molecular flexibility index (Phi) is 3.63. The molecule has 1 aliphatic rings. The first-order valence-electron chi connectivity index (χ1n) is 5.99. The number of likely N-dealkylation sites (N-methyl/N-ethyl adjacent to an activating group) is 1. The fraction of sp³-hybridized carbons (Fsp3) is 0.636. The molecular formula is C11H19FN6. The lowest BCUT2D eigenvalue weighted by Gasteiger charge is -2.42. The topological polar surface area (TPSA) is 70.3 Å². The van der Waals surface area contributed by atoms with Gasteiger partial charge in [0.25, 0.3) is 0 Å². The van der Waals surface area contributed by atoms with Gasteiger partial charge in [0.2, 0.25) is 5.95 Å². The van der Waals surface area contributed by atoms with Crippen molar-refractivity contribution < 1.29 is 4.39 Å². The Morgan fingerprint density at radius 3 is 2.56 bits per heavy atom. The summed E-state index contributed by atoms with van der Waals surface area (Å²) in [5.74, 6) is 5.37. The first-order valence-corrected chi connectivity index (χ1v) is 5.99. The van der Waals surface area contributed by atoms with Crippen LogP contribution in [0.15, 0.2) is 6.20 Å². The number of nitrogens with one attached hydrogen (secondary N) is 1. The second-order valence-electron chi connectivity index (χ2n) is 4.78. The number of hydrazine groups is 1. The largest absolute Gasteiger partial charge is 0.351 e. The highest BCUT2D eigenvalue weighted by atomic mass is 19.1. The van der Waals surface area contributed by atoms with Crippen LogP contribution in [0.1, 0.15) is 13.8 Å². The Bertz CT molecular complexity index is 414. The highest BCUT2D eigenvalue weighted by Crippen LogP contribution is 2.22. The van der Waals surface area contributed by atoms with Crippen molar-refractivity contribution >= 4 is 11.8 Å². The number of hydrogen-bond acceptors (Lipinski definition) is 6. The van der Waals surface area contributed by atoms with Gasteiger partial charge in [-0.15, -0.1) is 0 Å². The molecule has 1 aromatic heterocycles. The number of nitrogen functional groups attached to an aromatic ring is 1. The maximum atomic E-state index is 13.8. The van der Waals surface area contributed by atoms with Gasteiger partial charge in [-0.1, -0.05) is 0 Å². The molecule has 1 saturated heterocycles. The van der Waals surface area contributed by atoms with Crippen LogP contribution in [0.4, 0.5) is 16.2 Å². The molecule has 2 heterocycles. The van der Waals surface area contributed by atoms with Crippen molar-refractivity contribution in [3.8, 4) is 0 Å². The number of aromatic nitrogens is 2. The summed E-state index contributed by atoms with van der Waals surface area (Å²) >= 11 is 0. The molecule has 0 aromatic carbocycles. The third kappa shape index (κ3) is 2.37. The molecule has 1 aliphatic heterocycles. The van der Waals surface area contributed by atoms with E-state index >= 15 is 0 Å². The summed E-state index contributed by atoms with van der Waals surface area (Å²) in [6, 6.07) is 0.690. The van der Waals surface area contributed by atoms with Crippen LogP contribution in [0.3, 0.4) is 0 Å². The number of anilines is 2. The van der Waals surface area contributed by atoms with Crippen LogP contribution < -0.4 is 16.2 Å². The van der Waals surface area contributed by atoms with Crippen molar-refractivity contribution in [2.45, 2.75) is 25.9 Å². The van der Waals surface area contributed by atoms with Gasteiger partial charge in [0, 0.05) is 25.2 Å². The lowest BCUT2D eigenvalue weighted by Crippen LogP contribution is -2.55. The van der Waals surface area contributed by atoms with Crippen molar-refractivity contribution in [3.63, 3.8) is 0 Å². The lowest BCUT2D eigenvalue weighted by molar-refractivity contribution is 0.169. The molecule has 100 valence electrons. The van der Waals surface area contributed by atoms with E-state index in [2.05, 4.69) is 41.2 Å². The van der Waals surface area contributed by atoms with Crippen LogP contribution in [0.25, 0.3) is 0 Å². The van der Waals surface area contributed by atoms with E-state index < -0.39 is 5.82 Å². The second kappa shape index (κ2) is 5.03. The summed E-state index contributed by atoms with van der Waals surface area (Å²) in [6.45, 7) is 5.70. The average Bonchev–Trinajstić information content (AvgIpc) is 2.36. The molecule has 2 atom stereocenters. The maximum Gasteiger partial charge on any atom is 0.239 e. The minimum Gasteiger partial charge on any atom is -0.351 e. The summed E-state index contributed by atoms with van der Waals surface area (Å²) in [7, 11) is 2.08. The molecule has 0 aliphatic carbocycles. The molecule has 2 rings (SSSR count). The first-order chi connectivity index (χ1) is 8.52. The third-order valence-corrected chi connectivity index (χ3v) is 3.51. The van der Waals surface area contributed by atoms with Gasteiger partial charge >= 0.3 is 0 Å². The van der Waals surface area contributed by atoms with Crippen LogP contribution in [0.5, 0.6) is 0 Å². The number of piperazine rings is 1. The SMILES string of the molecule is CC1CN(c2nc(NN)ncc2F)CC(C)N1C. The molecule has 0 radical (unpaired) electrons. The smallest absolute Gasteiger partial charge is 0.239 e. The standard InChI is InChI=1S/C11H19FN6/c1-7-5-18(6-8(2)17(7)3)10-9(12)4-14-11(15-10)16-13/h4,7-8H,5-6,13H2,1-3H3,(H,14,15,16). The van der Waals surface area contributed by atoms with Crippen LogP contribution in [-0.4, -0.2) is 47.1 Å². The zero-order valence-corrected chi connectivity index (χ0v) is 10.9. The zero-order chi connectivity index (χ0) is 13.3. The fourth-order valence-corrected chi connectivity index (χ4v) is 2.23. The lowest BCUT2D eigenvalue weighted by atomic mass is 10.1. The van der Waals surface area contributed by atoms with Gasteiger partial charge in [-0.3, -0.25) is 10.3 Å². The van der Waals surface area contributed by atoms with E-state index in [0.29, 0.717) is 17.9 Å². The third-order valence-electron chi connectivity index (χ3n) is 3.51. The Labute approximate surface area is 106 Å². The van der Waals surface area contributed by atoms with Gasteiger partial charge in [0.05, 0.1) is 6.20 Å². The molecule has 18 heavy (non-hydrogen) atoms. The van der Waals surface area contributed by atoms with E-state index in [9.17, 15) is 4.39 Å². The van der Waals surface area contributed by atoms with Gasteiger partial charge in [-0.05, 0) is 20.9 Å². The van der Waals surface area contributed by atoms with E-state index in [4.69, 9.17) is 5.84 Å². The molecule has 2 unspecified atom stereocenters. The molecule has 0 spiro atoms. The molecule has 3 N–H and O–H groups in total. The number of nitrogens with two attached hydrogens (primary N) is 1. The van der Waals surface area contributed by atoms with E-state index in [-0.39, 0.29) is 5.95 Å². The minimum absolute atomic E-state index is 0.227. The summed E-state index contributed by atoms with van der Waals surface area (Å²) < 4.78 is 13.8. The molecule has 6 nitrogen and oxygen atoms in total. The summed E-state index contributed by atoms with van der Waals surface area (Å²) in [5, 5.41) is 0. The first kappa shape index (κ1) is 13.0. The highest BCUT2D eigenvalue weighted by Gasteiger charge is 2.28. The predicted octanol–water partition coefficient (Wildman–Crippen LogP) is 0.430. The van der Waals surface area contributed by atoms with Crippen molar-refractivity contribution in [3.05, 3.63) is 12.0 Å². The van der Waals surface area contributed by atoms with Crippen LogP contribution in [0, 0.1) is 5.82 Å². The molecule has 0 saturated carbocycles. The van der Waals surface area contributed by atoms with Crippen molar-refractivity contribution in [2.24, 2.45) is 5.84 Å². The van der Waals surface area contributed by atoms with Gasteiger partial charge in [-0.2, -0.15) is 4.98 Å². The number of hydrogen-bond donors (Lipinski definition) is 2. The summed E-state index contributed by atoms with van der Waals surface area (Å²) in [5.41, 5.74) is 2.34. The molecule has 0 amide bonds. The molecule has 1 aromatic rings. The monoisotopic (exact) mass is 254 g/mol. The Balaban J connectivity index is 2.26. The van der Waals surface area contributed by atoms with Crippen LogP contribution >= 0.6 is 0 Å². The molecular weight excluding hydrogens is 235 g/mol. The number of rotatable bonds is 2. The number of halogens is 1. The normalized spacial score (nSPS) is 25.3. The quantitative estimate of drug-likeness (QED) is 0.589. The van der Waals surface area contributed by atoms with Crippen LogP contribution in [0.2, 0.25) is 0 Å². The van der Waals surface area contributed by atoms with Gasteiger partial charge in [-0.25, -0.2) is 15.2 Å². The summed E-state index contributed by atoms with van der Waals surface area (Å²) in [4.78, 5) is 12.1. The Morgan fingerprint density at radius 2 is 2.00 bits per heavy atom. The average molecular weight is 254 g/mol. The van der Waals surface area contributed by atoms with Gasteiger partial charge in [0.1, 0.15) is 0 Å². The van der Waals surface area contributed by atoms with Gasteiger partial charge in [0.15, 0.2) is 11.6 Å². The van der Waals surface area contributed by atoms with E-state index in [1.807, 2.05) is 4.90 Å². The van der Waals surface area contributed by atoms with Crippen molar-refractivity contribution in [1.82, 2.24) is 14.9 Å². The number of nitrogens with zero attached hydrogens (tertiary/aromatic N) is 4. The minimum atomic E-state index is -0.419. The summed E-state index contributed by atoms with van der Waals surface area (Å²) in [6.07, 6.45) is 1.14. The van der Waals surface area contributed by atoms with Crippen LogP contribution in [-0.2, 0) is 0 Å². The fourth-order valence-electron chi connectivity index (χ4n) is 2.23. The maximum absolute atomic E-state index is 13.8. The van der Waals surface area contributed by atoms with E-state index in [1.54, 1.807) is 0 Å². The van der Waals surface area contributed by atoms with E-state index in [0.717, 1.165) is 19.3 Å². The Hall–Kier alpha value is -1.47. The predicted molar refractivity (Wildman–Crippen MR) is 68.7 cm³/mol. The van der Waals surface area contributed by atoms with Crippen molar-refractivity contribution in [2.75, 3.05) is 30.5 Å². The molecule has 7 heteroatoms. The Morgan fingerprint density at radius 1 is 1.39 bits per heavy atom.